The number of hydrogen-bond donors (Lipinski definition) is 3. The fraction of sp³-hybridized carbons (Fsp3) is 0.708. The molecule has 5 nitrogen and oxygen atoms in total. The van der Waals surface area contributed by atoms with Gasteiger partial charge in [0.05, 0.1) is 12.7 Å². The second-order valence-electron chi connectivity index (χ2n) is 8.22. The van der Waals surface area contributed by atoms with Gasteiger partial charge in [-0.1, -0.05) is 37.3 Å². The van der Waals surface area contributed by atoms with Gasteiger partial charge in [0.2, 0.25) is 0 Å². The first-order valence-electron chi connectivity index (χ1n) is 10.7. The van der Waals surface area contributed by atoms with Crippen LogP contribution >= 0.6 is 0 Å². The van der Waals surface area contributed by atoms with Gasteiger partial charge < -0.3 is 20.1 Å². The molecule has 6 atom stereocenters. The Labute approximate surface area is 174 Å². The number of carbonyl (C=O) groups is 1. The molecule has 0 heterocycles. The van der Waals surface area contributed by atoms with Crippen LogP contribution in [0.2, 0.25) is 0 Å². The first-order chi connectivity index (χ1) is 13.9. The number of aliphatic hydroxyl groups excluding tert-OH is 2. The molecule has 2 aliphatic rings. The van der Waals surface area contributed by atoms with Crippen LogP contribution in [0.15, 0.2) is 11.6 Å². The molecule has 3 N–H and O–H groups in total. The van der Waals surface area contributed by atoms with Gasteiger partial charge in [0.25, 0.3) is 0 Å². The molecule has 0 radical (unpaired) electrons. The zero-order valence-corrected chi connectivity index (χ0v) is 17.6. The predicted molar refractivity (Wildman–Crippen MR) is 112 cm³/mol. The number of ether oxygens (including phenoxy) is 1. The summed E-state index contributed by atoms with van der Waals surface area (Å²) in [5.74, 6) is 12.1. The van der Waals surface area contributed by atoms with Crippen molar-refractivity contribution < 1.29 is 24.9 Å². The van der Waals surface area contributed by atoms with Crippen LogP contribution in [0.1, 0.15) is 58.8 Å². The van der Waals surface area contributed by atoms with Crippen LogP contribution < -0.4 is 0 Å². The third-order valence-corrected chi connectivity index (χ3v) is 5.88. The lowest BCUT2D eigenvalue weighted by Gasteiger charge is -2.16. The monoisotopic (exact) mass is 402 g/mol. The lowest BCUT2D eigenvalue weighted by molar-refractivity contribution is -0.137. The highest BCUT2D eigenvalue weighted by molar-refractivity contribution is 5.66. The fourth-order valence-electron chi connectivity index (χ4n) is 4.21. The van der Waals surface area contributed by atoms with E-state index in [1.54, 1.807) is 0 Å². The molecule has 0 amide bonds. The normalized spacial score (nSPS) is 28.8. The Kier molecular flexibility index (Phi) is 9.74. The highest BCUT2D eigenvalue weighted by Gasteiger charge is 2.45. The average Bonchev–Trinajstić information content (AvgIpc) is 3.18. The van der Waals surface area contributed by atoms with Crippen molar-refractivity contribution in [3.05, 3.63) is 11.6 Å². The van der Waals surface area contributed by atoms with E-state index in [0.29, 0.717) is 37.9 Å². The summed E-state index contributed by atoms with van der Waals surface area (Å²) in [6, 6.07) is 0. The molecular formula is C24H34O5. The van der Waals surface area contributed by atoms with Crippen molar-refractivity contribution in [1.82, 2.24) is 0 Å². The Hall–Kier alpha value is -1.79. The summed E-state index contributed by atoms with van der Waals surface area (Å²) >= 11 is 0. The zero-order valence-electron chi connectivity index (χ0n) is 17.6. The molecule has 160 valence electrons. The number of fused-ring (bicyclic) bond motifs is 1. The maximum atomic E-state index is 10.5. The Balaban J connectivity index is 1.83. The van der Waals surface area contributed by atoms with E-state index in [1.165, 1.54) is 5.57 Å². The zero-order chi connectivity index (χ0) is 21.2. The largest absolute Gasteiger partial charge is 0.481 e. The van der Waals surface area contributed by atoms with Crippen LogP contribution in [-0.2, 0) is 9.53 Å². The molecule has 0 saturated heterocycles. The van der Waals surface area contributed by atoms with E-state index in [9.17, 15) is 15.0 Å². The van der Waals surface area contributed by atoms with E-state index in [0.717, 1.165) is 25.7 Å². The smallest absolute Gasteiger partial charge is 0.303 e. The van der Waals surface area contributed by atoms with Crippen molar-refractivity contribution in [3.8, 4) is 23.7 Å². The minimum Gasteiger partial charge on any atom is -0.481 e. The molecule has 5 heteroatoms. The van der Waals surface area contributed by atoms with Crippen LogP contribution in [0, 0.1) is 47.4 Å². The van der Waals surface area contributed by atoms with Crippen LogP contribution in [0.25, 0.3) is 0 Å². The Morgan fingerprint density at radius 3 is 2.86 bits per heavy atom. The molecule has 29 heavy (non-hydrogen) atoms. The molecule has 0 spiro atoms. The minimum atomic E-state index is -0.797. The van der Waals surface area contributed by atoms with Crippen LogP contribution in [0.3, 0.4) is 0 Å². The molecule has 2 aliphatic carbocycles. The van der Waals surface area contributed by atoms with Gasteiger partial charge in [0.1, 0.15) is 6.10 Å². The Morgan fingerprint density at radius 1 is 1.34 bits per heavy atom. The summed E-state index contributed by atoms with van der Waals surface area (Å²) in [6.07, 6.45) is 5.69. The van der Waals surface area contributed by atoms with E-state index < -0.39 is 18.2 Å². The quantitative estimate of drug-likeness (QED) is 0.330. The van der Waals surface area contributed by atoms with Gasteiger partial charge >= 0.3 is 5.97 Å². The highest BCUT2D eigenvalue weighted by Crippen LogP contribution is 2.49. The lowest BCUT2D eigenvalue weighted by Crippen LogP contribution is -2.19. The van der Waals surface area contributed by atoms with Gasteiger partial charge in [0.15, 0.2) is 0 Å². The average molecular weight is 403 g/mol. The molecule has 0 aromatic carbocycles. The molecule has 2 saturated carbocycles. The molecule has 0 aromatic heterocycles. The molecule has 0 aromatic rings. The Bertz CT molecular complexity index is 690. The van der Waals surface area contributed by atoms with Crippen molar-refractivity contribution in [2.24, 2.45) is 23.7 Å². The molecule has 2 fully saturated rings. The van der Waals surface area contributed by atoms with Crippen molar-refractivity contribution in [2.75, 3.05) is 13.2 Å². The minimum absolute atomic E-state index is 0.00629. The molecule has 0 bridgehead atoms. The number of hydrogen-bond acceptors (Lipinski definition) is 4. The fourth-order valence-corrected chi connectivity index (χ4v) is 4.21. The summed E-state index contributed by atoms with van der Waals surface area (Å²) in [5, 5.41) is 29.3. The summed E-state index contributed by atoms with van der Waals surface area (Å²) in [7, 11) is 0. The van der Waals surface area contributed by atoms with Crippen molar-refractivity contribution >= 4 is 5.97 Å². The van der Waals surface area contributed by atoms with Crippen molar-refractivity contribution in [2.45, 2.75) is 71.0 Å². The number of carboxylic acids is 1. The van der Waals surface area contributed by atoms with E-state index in [4.69, 9.17) is 9.84 Å². The maximum Gasteiger partial charge on any atom is 0.303 e. The molecule has 0 unspecified atom stereocenters. The van der Waals surface area contributed by atoms with Crippen LogP contribution in [-0.4, -0.2) is 46.7 Å². The third-order valence-electron chi connectivity index (χ3n) is 5.88. The SMILES string of the molecule is CCC#CC[C@@H](C)[C@@H](O)C#C[C@H]1[C@@H]2C/C(=C/COCCCC(=O)O)C[C@@H]2C[C@@H]1O. The summed E-state index contributed by atoms with van der Waals surface area (Å²) in [5.41, 5.74) is 1.33. The standard InChI is InChI=1S/C24H34O5/c1-3-4-5-7-17(2)22(25)10-9-20-21-15-18(14-19(21)16-23(20)26)11-13-29-12-6-8-24(27)28/h11,17,19-23,25-26H,3,6-8,12-16H2,1-2H3,(H,27,28)/b18-11+/t17-,19-,20+,21-,22+,23+/m1/s1. The molecule has 2 rings (SSSR count). The first-order valence-corrected chi connectivity index (χ1v) is 10.7. The van der Waals surface area contributed by atoms with Gasteiger partial charge in [-0.2, -0.15) is 0 Å². The summed E-state index contributed by atoms with van der Waals surface area (Å²) < 4.78 is 5.50. The van der Waals surface area contributed by atoms with Crippen molar-refractivity contribution in [3.63, 3.8) is 0 Å². The van der Waals surface area contributed by atoms with Gasteiger partial charge in [0, 0.05) is 37.7 Å². The number of allylic oxidation sites excluding steroid dienone is 1. The Morgan fingerprint density at radius 2 is 2.14 bits per heavy atom. The second kappa shape index (κ2) is 12.0. The van der Waals surface area contributed by atoms with Crippen molar-refractivity contribution in [1.29, 1.82) is 0 Å². The first kappa shape index (κ1) is 23.5. The van der Waals surface area contributed by atoms with E-state index in [1.807, 2.05) is 13.8 Å². The summed E-state index contributed by atoms with van der Waals surface area (Å²) in [4.78, 5) is 10.5. The van der Waals surface area contributed by atoms with E-state index >= 15 is 0 Å². The highest BCUT2D eigenvalue weighted by atomic mass is 16.5. The number of aliphatic carboxylic acids is 1. The van der Waals surface area contributed by atoms with Gasteiger partial charge in [-0.25, -0.2) is 0 Å². The second-order valence-corrected chi connectivity index (χ2v) is 8.22. The number of rotatable bonds is 8. The predicted octanol–water partition coefficient (Wildman–Crippen LogP) is 3.01. The lowest BCUT2D eigenvalue weighted by atomic mass is 9.91. The molecular weight excluding hydrogens is 368 g/mol. The van der Waals surface area contributed by atoms with Crippen LogP contribution in [0.5, 0.6) is 0 Å². The molecule has 0 aliphatic heterocycles. The van der Waals surface area contributed by atoms with Crippen LogP contribution in [0.4, 0.5) is 0 Å². The third kappa shape index (κ3) is 7.52. The summed E-state index contributed by atoms with van der Waals surface area (Å²) in [6.45, 7) is 4.91. The van der Waals surface area contributed by atoms with Gasteiger partial charge in [-0.3, -0.25) is 4.79 Å². The van der Waals surface area contributed by atoms with Gasteiger partial charge in [-0.05, 0) is 37.5 Å². The van der Waals surface area contributed by atoms with E-state index in [-0.39, 0.29) is 18.3 Å². The van der Waals surface area contributed by atoms with E-state index in [2.05, 4.69) is 29.8 Å². The number of carboxylic acid groups (broad SMARTS) is 1. The number of aliphatic hydroxyl groups is 2. The maximum absolute atomic E-state index is 10.5. The topological polar surface area (TPSA) is 87.0 Å². The van der Waals surface area contributed by atoms with Gasteiger partial charge in [-0.15, -0.1) is 11.8 Å².